The van der Waals surface area contributed by atoms with Gasteiger partial charge in [0.05, 0.1) is 12.6 Å². The van der Waals surface area contributed by atoms with Gasteiger partial charge in [0.1, 0.15) is 0 Å². The van der Waals surface area contributed by atoms with Gasteiger partial charge in [0.2, 0.25) is 0 Å². The van der Waals surface area contributed by atoms with Gasteiger partial charge in [0, 0.05) is 6.07 Å². The summed E-state index contributed by atoms with van der Waals surface area (Å²) in [7, 11) is 3.93. The lowest BCUT2D eigenvalue weighted by molar-refractivity contribution is 0.250. The second-order valence-electron chi connectivity index (χ2n) is 3.91. The summed E-state index contributed by atoms with van der Waals surface area (Å²) in [5, 5.41) is 3.87. The predicted molar refractivity (Wildman–Crippen MR) is 63.5 cm³/mol. The smallest absolute Gasteiger partial charge is 0.254 e. The molecule has 0 bridgehead atoms. The maximum absolute atomic E-state index is 5.44. The maximum atomic E-state index is 5.44. The van der Waals surface area contributed by atoms with Crippen LogP contribution in [0.3, 0.4) is 0 Å². The van der Waals surface area contributed by atoms with Crippen LogP contribution in [0.1, 0.15) is 31.6 Å². The Morgan fingerprint density at radius 3 is 2.94 bits per heavy atom. The van der Waals surface area contributed by atoms with E-state index in [2.05, 4.69) is 18.7 Å². The fourth-order valence-electron chi connectivity index (χ4n) is 1.38. The van der Waals surface area contributed by atoms with Crippen LogP contribution in [-0.2, 0) is 0 Å². The summed E-state index contributed by atoms with van der Waals surface area (Å²) in [6.07, 6.45) is 3.95. The van der Waals surface area contributed by atoms with E-state index in [0.717, 1.165) is 18.6 Å². The molecule has 1 heterocycles. The van der Waals surface area contributed by atoms with Crippen molar-refractivity contribution in [3.05, 3.63) is 24.5 Å². The van der Waals surface area contributed by atoms with E-state index in [0.29, 0.717) is 12.5 Å². The molecule has 1 aromatic heterocycles. The Hall–Kier alpha value is -1.29. The molecule has 0 saturated heterocycles. The molecule has 16 heavy (non-hydrogen) atoms. The van der Waals surface area contributed by atoms with E-state index in [-0.39, 0.29) is 6.04 Å². The summed E-state index contributed by atoms with van der Waals surface area (Å²) in [4.78, 5) is 2.00. The highest BCUT2D eigenvalue weighted by atomic mass is 16.5. The molecule has 0 radical (unpaired) electrons. The molecule has 0 amide bonds. The SMILES string of the molecule is C=C[C@H](c1cc(OCCCC)no1)N(C)C. The van der Waals surface area contributed by atoms with E-state index in [1.165, 1.54) is 0 Å². The Kier molecular flexibility index (Phi) is 5.05. The third kappa shape index (κ3) is 3.38. The summed E-state index contributed by atoms with van der Waals surface area (Å²) in [5.41, 5.74) is 0. The van der Waals surface area contributed by atoms with Gasteiger partial charge in [0.25, 0.3) is 5.88 Å². The molecule has 4 nitrogen and oxygen atoms in total. The first-order valence-corrected chi connectivity index (χ1v) is 5.57. The largest absolute Gasteiger partial charge is 0.476 e. The lowest BCUT2D eigenvalue weighted by Gasteiger charge is -2.16. The first-order valence-electron chi connectivity index (χ1n) is 5.57. The average Bonchev–Trinajstić information content (AvgIpc) is 2.67. The molecular formula is C12H20N2O2. The van der Waals surface area contributed by atoms with Crippen LogP contribution in [-0.4, -0.2) is 30.8 Å². The zero-order valence-corrected chi connectivity index (χ0v) is 10.3. The Morgan fingerprint density at radius 1 is 1.62 bits per heavy atom. The molecule has 0 N–H and O–H groups in total. The number of hydrogen-bond acceptors (Lipinski definition) is 4. The third-order valence-electron chi connectivity index (χ3n) is 2.33. The van der Waals surface area contributed by atoms with Crippen molar-refractivity contribution in [3.8, 4) is 5.88 Å². The van der Waals surface area contributed by atoms with Gasteiger partial charge < -0.3 is 9.26 Å². The zero-order valence-electron chi connectivity index (χ0n) is 10.3. The van der Waals surface area contributed by atoms with Crippen LogP contribution in [0.2, 0.25) is 0 Å². The summed E-state index contributed by atoms with van der Waals surface area (Å²) in [6.45, 7) is 6.58. The van der Waals surface area contributed by atoms with Crippen molar-refractivity contribution in [2.45, 2.75) is 25.8 Å². The molecule has 0 fully saturated rings. The van der Waals surface area contributed by atoms with E-state index in [1.54, 1.807) is 0 Å². The number of rotatable bonds is 7. The van der Waals surface area contributed by atoms with Crippen molar-refractivity contribution >= 4 is 0 Å². The van der Waals surface area contributed by atoms with Gasteiger partial charge >= 0.3 is 0 Å². The lowest BCUT2D eigenvalue weighted by atomic mass is 10.2. The summed E-state index contributed by atoms with van der Waals surface area (Å²) in [6, 6.07) is 1.86. The molecule has 0 saturated carbocycles. The van der Waals surface area contributed by atoms with Crippen LogP contribution in [0.5, 0.6) is 5.88 Å². The third-order valence-corrected chi connectivity index (χ3v) is 2.33. The highest BCUT2D eigenvalue weighted by Gasteiger charge is 2.16. The average molecular weight is 224 g/mol. The van der Waals surface area contributed by atoms with E-state index in [9.17, 15) is 0 Å². The molecular weight excluding hydrogens is 204 g/mol. The monoisotopic (exact) mass is 224 g/mol. The van der Waals surface area contributed by atoms with Crippen molar-refractivity contribution < 1.29 is 9.26 Å². The molecule has 0 aliphatic carbocycles. The molecule has 0 aromatic carbocycles. The lowest BCUT2D eigenvalue weighted by Crippen LogP contribution is -2.16. The summed E-state index contributed by atoms with van der Waals surface area (Å²) in [5.74, 6) is 1.31. The van der Waals surface area contributed by atoms with Crippen LogP contribution in [0.25, 0.3) is 0 Å². The standard InChI is InChI=1S/C12H20N2O2/c1-5-7-8-15-12-9-11(16-13-12)10(6-2)14(3)4/h6,9-10H,2,5,7-8H2,1,3-4H3/t10-/m1/s1. The number of unbranched alkanes of at least 4 members (excludes halogenated alkanes) is 1. The maximum Gasteiger partial charge on any atom is 0.254 e. The molecule has 0 aliphatic heterocycles. The van der Waals surface area contributed by atoms with E-state index in [4.69, 9.17) is 9.26 Å². The van der Waals surface area contributed by atoms with Crippen LogP contribution in [0.4, 0.5) is 0 Å². The molecule has 1 atom stereocenters. The molecule has 0 unspecified atom stereocenters. The van der Waals surface area contributed by atoms with Gasteiger partial charge in [-0.2, -0.15) is 0 Å². The highest BCUT2D eigenvalue weighted by molar-refractivity contribution is 5.17. The van der Waals surface area contributed by atoms with Gasteiger partial charge in [-0.25, -0.2) is 0 Å². The van der Waals surface area contributed by atoms with Crippen LogP contribution >= 0.6 is 0 Å². The second kappa shape index (κ2) is 6.33. The van der Waals surface area contributed by atoms with Crippen molar-refractivity contribution in [3.63, 3.8) is 0 Å². The van der Waals surface area contributed by atoms with Crippen LogP contribution in [0.15, 0.2) is 23.2 Å². The number of likely N-dealkylation sites (N-methyl/N-ethyl adjacent to an activating group) is 1. The van der Waals surface area contributed by atoms with E-state index in [1.807, 2.05) is 31.1 Å². The van der Waals surface area contributed by atoms with Gasteiger partial charge in [-0.05, 0) is 25.7 Å². The fourth-order valence-corrected chi connectivity index (χ4v) is 1.38. The second-order valence-corrected chi connectivity index (χ2v) is 3.91. The molecule has 90 valence electrons. The van der Waals surface area contributed by atoms with E-state index < -0.39 is 0 Å². The minimum atomic E-state index is 0.0380. The zero-order chi connectivity index (χ0) is 12.0. The first-order chi connectivity index (χ1) is 7.69. The minimum absolute atomic E-state index is 0.0380. The fraction of sp³-hybridized carbons (Fsp3) is 0.583. The number of nitrogens with zero attached hydrogens (tertiary/aromatic N) is 2. The predicted octanol–water partition coefficient (Wildman–Crippen LogP) is 2.64. The van der Waals surface area contributed by atoms with E-state index >= 15 is 0 Å². The molecule has 0 spiro atoms. The molecule has 0 aliphatic rings. The molecule has 1 rings (SSSR count). The van der Waals surface area contributed by atoms with Crippen molar-refractivity contribution in [2.75, 3.05) is 20.7 Å². The Balaban J connectivity index is 2.59. The van der Waals surface area contributed by atoms with Gasteiger partial charge in [-0.15, -0.1) is 6.58 Å². The number of aromatic nitrogens is 1. The summed E-state index contributed by atoms with van der Waals surface area (Å²) < 4.78 is 10.7. The Labute approximate surface area is 96.9 Å². The number of ether oxygens (including phenoxy) is 1. The Bertz CT molecular complexity index is 321. The van der Waals surface area contributed by atoms with Gasteiger partial charge in [0.15, 0.2) is 5.76 Å². The van der Waals surface area contributed by atoms with Crippen molar-refractivity contribution in [1.82, 2.24) is 10.1 Å². The quantitative estimate of drug-likeness (QED) is 0.527. The number of hydrogen-bond donors (Lipinski definition) is 0. The van der Waals surface area contributed by atoms with Crippen molar-refractivity contribution in [2.24, 2.45) is 0 Å². The van der Waals surface area contributed by atoms with Gasteiger partial charge in [-0.1, -0.05) is 19.4 Å². The normalized spacial score (nSPS) is 12.8. The Morgan fingerprint density at radius 2 is 2.38 bits per heavy atom. The highest BCUT2D eigenvalue weighted by Crippen LogP contribution is 2.22. The first kappa shape index (κ1) is 12.8. The van der Waals surface area contributed by atoms with Gasteiger partial charge in [-0.3, -0.25) is 4.90 Å². The topological polar surface area (TPSA) is 38.5 Å². The molecule has 1 aromatic rings. The van der Waals surface area contributed by atoms with Crippen LogP contribution < -0.4 is 4.74 Å². The van der Waals surface area contributed by atoms with Crippen LogP contribution in [0, 0.1) is 0 Å². The summed E-state index contributed by atoms with van der Waals surface area (Å²) >= 11 is 0. The molecule has 4 heteroatoms. The minimum Gasteiger partial charge on any atom is -0.476 e. The van der Waals surface area contributed by atoms with Crippen molar-refractivity contribution in [1.29, 1.82) is 0 Å².